The number of hydrogen-bond donors (Lipinski definition) is 0. The number of carbonyl (C=O) groups is 1. The molecule has 0 spiro atoms. The highest BCUT2D eigenvalue weighted by Gasteiger charge is 2.03. The van der Waals surface area contributed by atoms with E-state index in [0.29, 0.717) is 11.1 Å². The predicted molar refractivity (Wildman–Crippen MR) is 41.2 cm³/mol. The minimum atomic E-state index is -0.0675. The molecule has 0 amide bonds. The molecule has 2 nitrogen and oxygen atoms in total. The van der Waals surface area contributed by atoms with Gasteiger partial charge in [-0.05, 0) is 13.0 Å². The van der Waals surface area contributed by atoms with Gasteiger partial charge in [0.25, 0.3) is 0 Å². The van der Waals surface area contributed by atoms with Crippen LogP contribution in [0.1, 0.15) is 22.8 Å². The van der Waals surface area contributed by atoms with Crippen molar-refractivity contribution < 1.29 is 4.79 Å². The first-order valence-electron chi connectivity index (χ1n) is 3.26. The van der Waals surface area contributed by atoms with Gasteiger partial charge in [-0.1, -0.05) is 18.2 Å². The second kappa shape index (κ2) is 2.98. The highest BCUT2D eigenvalue weighted by atomic mass is 16.1. The maximum absolute atomic E-state index is 10.9. The quantitative estimate of drug-likeness (QED) is 0.565. The standard InChI is InChI=1S/C9H7NO/c1-7(11)9-5-3-2-4-8(9)6-10/h2-5H,1H3. The Hall–Kier alpha value is -1.62. The van der Waals surface area contributed by atoms with E-state index in [-0.39, 0.29) is 5.78 Å². The third-order valence-electron chi connectivity index (χ3n) is 1.43. The third-order valence-corrected chi connectivity index (χ3v) is 1.43. The monoisotopic (exact) mass is 145 g/mol. The molecule has 0 radical (unpaired) electrons. The molecule has 0 aliphatic heterocycles. The normalized spacial score (nSPS) is 8.73. The Bertz CT molecular complexity index is 323. The Morgan fingerprint density at radius 3 is 2.55 bits per heavy atom. The van der Waals surface area contributed by atoms with Crippen LogP contribution in [-0.2, 0) is 0 Å². The molecule has 1 rings (SSSR count). The van der Waals surface area contributed by atoms with Gasteiger partial charge < -0.3 is 0 Å². The summed E-state index contributed by atoms with van der Waals surface area (Å²) in [5.41, 5.74) is 0.940. The molecule has 0 saturated carbocycles. The van der Waals surface area contributed by atoms with Crippen LogP contribution in [0.3, 0.4) is 0 Å². The summed E-state index contributed by atoms with van der Waals surface area (Å²) in [4.78, 5) is 10.9. The zero-order valence-corrected chi connectivity index (χ0v) is 6.16. The van der Waals surface area contributed by atoms with Gasteiger partial charge in [-0.2, -0.15) is 5.26 Å². The summed E-state index contributed by atoms with van der Waals surface area (Å²) in [5.74, 6) is -0.0675. The molecule has 54 valence electrons. The molecular formula is C9H7NO. The van der Waals surface area contributed by atoms with E-state index in [1.807, 2.05) is 6.07 Å². The van der Waals surface area contributed by atoms with Gasteiger partial charge >= 0.3 is 0 Å². The van der Waals surface area contributed by atoms with Crippen molar-refractivity contribution in [3.8, 4) is 6.07 Å². The van der Waals surface area contributed by atoms with E-state index in [1.54, 1.807) is 24.3 Å². The van der Waals surface area contributed by atoms with Crippen molar-refractivity contribution in [1.29, 1.82) is 5.26 Å². The van der Waals surface area contributed by atoms with Crippen LogP contribution in [0.5, 0.6) is 0 Å². The van der Waals surface area contributed by atoms with Crippen LogP contribution in [0.25, 0.3) is 0 Å². The van der Waals surface area contributed by atoms with Crippen LogP contribution < -0.4 is 0 Å². The number of carbonyl (C=O) groups excluding carboxylic acids is 1. The Labute approximate surface area is 65.1 Å². The Morgan fingerprint density at radius 1 is 1.45 bits per heavy atom. The number of rotatable bonds is 1. The number of benzene rings is 1. The summed E-state index contributed by atoms with van der Waals surface area (Å²) in [5, 5.41) is 8.57. The fourth-order valence-electron chi connectivity index (χ4n) is 0.888. The molecule has 1 aromatic carbocycles. The van der Waals surface area contributed by atoms with Gasteiger partial charge in [-0.15, -0.1) is 0 Å². The third kappa shape index (κ3) is 1.44. The number of nitrogens with zero attached hydrogens (tertiary/aromatic N) is 1. The molecule has 0 heterocycles. The van der Waals surface area contributed by atoms with Gasteiger partial charge in [-0.25, -0.2) is 0 Å². The minimum Gasteiger partial charge on any atom is -0.294 e. The van der Waals surface area contributed by atoms with Gasteiger partial charge in [0.1, 0.15) is 0 Å². The molecule has 0 atom stereocenters. The molecule has 0 unspecified atom stereocenters. The van der Waals surface area contributed by atoms with Gasteiger partial charge in [0.05, 0.1) is 11.6 Å². The molecule has 1 aromatic rings. The lowest BCUT2D eigenvalue weighted by Crippen LogP contribution is -1.94. The van der Waals surface area contributed by atoms with Crippen molar-refractivity contribution >= 4 is 5.78 Å². The first-order chi connectivity index (χ1) is 5.25. The maximum atomic E-state index is 10.9. The fraction of sp³-hybridized carbons (Fsp3) is 0.111. The average molecular weight is 145 g/mol. The molecule has 11 heavy (non-hydrogen) atoms. The predicted octanol–water partition coefficient (Wildman–Crippen LogP) is 1.76. The van der Waals surface area contributed by atoms with E-state index in [4.69, 9.17) is 5.26 Å². The lowest BCUT2D eigenvalue weighted by Gasteiger charge is -1.95. The van der Waals surface area contributed by atoms with E-state index in [2.05, 4.69) is 0 Å². The number of ketones is 1. The summed E-state index contributed by atoms with van der Waals surface area (Å²) in [6.45, 7) is 1.45. The zero-order valence-electron chi connectivity index (χ0n) is 6.16. The first-order valence-corrected chi connectivity index (χ1v) is 3.26. The number of Topliss-reactive ketones (excluding diaryl/α,β-unsaturated/α-hetero) is 1. The van der Waals surface area contributed by atoms with E-state index >= 15 is 0 Å². The minimum absolute atomic E-state index is 0.0675. The van der Waals surface area contributed by atoms with Crippen LogP contribution in [0.15, 0.2) is 24.3 Å². The summed E-state index contributed by atoms with van der Waals surface area (Å²) in [6.07, 6.45) is 0. The fourth-order valence-corrected chi connectivity index (χ4v) is 0.888. The maximum Gasteiger partial charge on any atom is 0.161 e. The molecule has 0 bridgehead atoms. The van der Waals surface area contributed by atoms with Crippen molar-refractivity contribution in [2.75, 3.05) is 0 Å². The first kappa shape index (κ1) is 7.49. The van der Waals surface area contributed by atoms with E-state index in [0.717, 1.165) is 0 Å². The van der Waals surface area contributed by atoms with Crippen LogP contribution >= 0.6 is 0 Å². The van der Waals surface area contributed by atoms with Crippen molar-refractivity contribution in [2.24, 2.45) is 0 Å². The second-order valence-corrected chi connectivity index (χ2v) is 2.21. The zero-order chi connectivity index (χ0) is 8.27. The summed E-state index contributed by atoms with van der Waals surface area (Å²) in [7, 11) is 0. The second-order valence-electron chi connectivity index (χ2n) is 2.21. The Kier molecular flexibility index (Phi) is 2.03. The highest BCUT2D eigenvalue weighted by molar-refractivity contribution is 5.96. The van der Waals surface area contributed by atoms with Crippen molar-refractivity contribution in [1.82, 2.24) is 0 Å². The van der Waals surface area contributed by atoms with E-state index < -0.39 is 0 Å². The Balaban J connectivity index is 3.26. The largest absolute Gasteiger partial charge is 0.294 e. The molecule has 0 saturated heterocycles. The lowest BCUT2D eigenvalue weighted by molar-refractivity contribution is 0.101. The number of hydrogen-bond acceptors (Lipinski definition) is 2. The van der Waals surface area contributed by atoms with Crippen LogP contribution in [-0.4, -0.2) is 5.78 Å². The average Bonchev–Trinajstić information content (AvgIpc) is 2.04. The van der Waals surface area contributed by atoms with E-state index in [1.165, 1.54) is 6.92 Å². The molecule has 2 heteroatoms. The van der Waals surface area contributed by atoms with Crippen molar-refractivity contribution in [3.05, 3.63) is 35.4 Å². The van der Waals surface area contributed by atoms with Gasteiger partial charge in [0.2, 0.25) is 0 Å². The topological polar surface area (TPSA) is 40.9 Å². The summed E-state index contributed by atoms with van der Waals surface area (Å²) >= 11 is 0. The van der Waals surface area contributed by atoms with Crippen molar-refractivity contribution in [2.45, 2.75) is 6.92 Å². The molecule has 0 aliphatic carbocycles. The molecule has 0 fully saturated rings. The SMILES string of the molecule is CC(=O)c1ccccc1C#N. The smallest absolute Gasteiger partial charge is 0.161 e. The van der Waals surface area contributed by atoms with Gasteiger partial charge in [-0.3, -0.25) is 4.79 Å². The van der Waals surface area contributed by atoms with Crippen molar-refractivity contribution in [3.63, 3.8) is 0 Å². The highest BCUT2D eigenvalue weighted by Crippen LogP contribution is 2.06. The lowest BCUT2D eigenvalue weighted by atomic mass is 10.1. The van der Waals surface area contributed by atoms with Crippen LogP contribution in [0.2, 0.25) is 0 Å². The van der Waals surface area contributed by atoms with Gasteiger partial charge in [0.15, 0.2) is 5.78 Å². The summed E-state index contributed by atoms with van der Waals surface area (Å²) < 4.78 is 0. The molecular weight excluding hydrogens is 138 g/mol. The number of nitriles is 1. The Morgan fingerprint density at radius 2 is 2.09 bits per heavy atom. The van der Waals surface area contributed by atoms with E-state index in [9.17, 15) is 4.79 Å². The van der Waals surface area contributed by atoms with Crippen LogP contribution in [0, 0.1) is 11.3 Å². The van der Waals surface area contributed by atoms with Crippen LogP contribution in [0.4, 0.5) is 0 Å². The summed E-state index contributed by atoms with van der Waals surface area (Å²) in [6, 6.07) is 8.73. The van der Waals surface area contributed by atoms with Gasteiger partial charge in [0, 0.05) is 5.56 Å². The molecule has 0 aromatic heterocycles. The molecule has 0 aliphatic rings. The molecule has 0 N–H and O–H groups in total.